The summed E-state index contributed by atoms with van der Waals surface area (Å²) in [6.07, 6.45) is 17.8. The third kappa shape index (κ3) is 4.01. The second-order valence-corrected chi connectivity index (χ2v) is 8.11. The summed E-state index contributed by atoms with van der Waals surface area (Å²) in [4.78, 5) is 26.6. The van der Waals surface area contributed by atoms with Crippen molar-refractivity contribution < 1.29 is 0 Å². The van der Waals surface area contributed by atoms with Gasteiger partial charge in [-0.3, -0.25) is 29.9 Å². The number of nitrogens with zero attached hydrogens (tertiary/aromatic N) is 6. The predicted molar refractivity (Wildman–Crippen MR) is 140 cm³/mol. The molecule has 0 amide bonds. The van der Waals surface area contributed by atoms with Gasteiger partial charge in [-0.25, -0.2) is 0 Å². The van der Waals surface area contributed by atoms with Crippen LogP contribution in [0.3, 0.4) is 0 Å². The lowest BCUT2D eigenvalue weighted by molar-refractivity contribution is 1.20. The molecule has 0 fully saturated rings. The van der Waals surface area contributed by atoms with E-state index in [-0.39, 0.29) is 0 Å². The molecule has 170 valence electrons. The molecule has 0 aliphatic rings. The largest absolute Gasteiger partial charge is 0.264 e. The summed E-state index contributed by atoms with van der Waals surface area (Å²) in [6.45, 7) is 0. The standard InChI is InChI=1S/C30H20N6/c1-3-7-25(29-19-33-13-15-35-29)21(5-1)27-17-31-11-9-23(27)24-10-12-32-18-28(24)22-6-2-4-8-26(22)30-20-34-14-16-36-30/h1-20H. The first-order chi connectivity index (χ1) is 17.9. The minimum Gasteiger partial charge on any atom is -0.264 e. The monoisotopic (exact) mass is 464 g/mol. The van der Waals surface area contributed by atoms with Gasteiger partial charge in [0.2, 0.25) is 0 Å². The Bertz CT molecular complexity index is 1510. The molecule has 0 bridgehead atoms. The van der Waals surface area contributed by atoms with E-state index in [0.717, 1.165) is 55.9 Å². The fourth-order valence-corrected chi connectivity index (χ4v) is 4.45. The molecule has 2 aromatic carbocycles. The van der Waals surface area contributed by atoms with Crippen molar-refractivity contribution in [3.63, 3.8) is 0 Å². The molecule has 0 saturated carbocycles. The van der Waals surface area contributed by atoms with E-state index in [4.69, 9.17) is 0 Å². The average Bonchev–Trinajstić information content (AvgIpc) is 2.98. The topological polar surface area (TPSA) is 77.3 Å². The van der Waals surface area contributed by atoms with E-state index < -0.39 is 0 Å². The van der Waals surface area contributed by atoms with E-state index in [1.807, 2.05) is 61.2 Å². The van der Waals surface area contributed by atoms with E-state index >= 15 is 0 Å². The van der Waals surface area contributed by atoms with Crippen molar-refractivity contribution in [3.05, 3.63) is 123 Å². The lowest BCUT2D eigenvalue weighted by Crippen LogP contribution is -1.95. The molecule has 0 aliphatic carbocycles. The van der Waals surface area contributed by atoms with Gasteiger partial charge in [0.25, 0.3) is 0 Å². The molecule has 6 nitrogen and oxygen atoms in total. The number of aromatic nitrogens is 6. The van der Waals surface area contributed by atoms with Gasteiger partial charge in [-0.05, 0) is 34.4 Å². The Hall–Kier alpha value is -5.10. The Morgan fingerprint density at radius 3 is 1.11 bits per heavy atom. The van der Waals surface area contributed by atoms with Crippen LogP contribution in [-0.2, 0) is 0 Å². The number of rotatable bonds is 5. The van der Waals surface area contributed by atoms with Crippen LogP contribution in [0.2, 0.25) is 0 Å². The SMILES string of the molecule is c1ccc(-c2cnccc2-c2ccncc2-c2ccccc2-c2cnccn2)c(-c2cnccn2)c1. The Labute approximate surface area is 208 Å². The van der Waals surface area contributed by atoms with Crippen molar-refractivity contribution in [1.29, 1.82) is 0 Å². The highest BCUT2D eigenvalue weighted by atomic mass is 14.8. The van der Waals surface area contributed by atoms with Crippen molar-refractivity contribution in [2.24, 2.45) is 0 Å². The lowest BCUT2D eigenvalue weighted by Gasteiger charge is -2.17. The molecular formula is C30H20N6. The summed E-state index contributed by atoms with van der Waals surface area (Å²) in [5.41, 5.74) is 9.78. The number of pyridine rings is 2. The zero-order valence-electron chi connectivity index (χ0n) is 19.2. The molecule has 4 heterocycles. The lowest BCUT2D eigenvalue weighted by atomic mass is 9.88. The molecule has 6 rings (SSSR count). The fourth-order valence-electron chi connectivity index (χ4n) is 4.45. The van der Waals surface area contributed by atoms with Crippen molar-refractivity contribution in [2.75, 3.05) is 0 Å². The van der Waals surface area contributed by atoms with Gasteiger partial charge < -0.3 is 0 Å². The maximum atomic E-state index is 4.54. The third-order valence-electron chi connectivity index (χ3n) is 6.05. The molecule has 4 aromatic heterocycles. The Morgan fingerprint density at radius 1 is 0.306 bits per heavy atom. The van der Waals surface area contributed by atoms with E-state index in [9.17, 15) is 0 Å². The quantitative estimate of drug-likeness (QED) is 0.294. The summed E-state index contributed by atoms with van der Waals surface area (Å²) in [5, 5.41) is 0. The smallest absolute Gasteiger partial charge is 0.0891 e. The molecule has 0 radical (unpaired) electrons. The number of hydrogen-bond acceptors (Lipinski definition) is 6. The summed E-state index contributed by atoms with van der Waals surface area (Å²) in [5.74, 6) is 0. The Balaban J connectivity index is 1.56. The van der Waals surface area contributed by atoms with Crippen molar-refractivity contribution in [1.82, 2.24) is 29.9 Å². The van der Waals surface area contributed by atoms with Crippen LogP contribution in [0, 0.1) is 0 Å². The maximum absolute atomic E-state index is 4.54. The molecule has 0 saturated heterocycles. The summed E-state index contributed by atoms with van der Waals surface area (Å²) in [7, 11) is 0. The van der Waals surface area contributed by atoms with Crippen LogP contribution in [0.1, 0.15) is 0 Å². The molecule has 0 spiro atoms. The molecular weight excluding hydrogens is 444 g/mol. The van der Waals surface area contributed by atoms with Crippen molar-refractivity contribution in [3.8, 4) is 55.9 Å². The van der Waals surface area contributed by atoms with Gasteiger partial charge in [-0.15, -0.1) is 0 Å². The maximum Gasteiger partial charge on any atom is 0.0891 e. The van der Waals surface area contributed by atoms with Gasteiger partial charge >= 0.3 is 0 Å². The van der Waals surface area contributed by atoms with Gasteiger partial charge in [-0.2, -0.15) is 0 Å². The number of benzene rings is 2. The first-order valence-corrected chi connectivity index (χ1v) is 11.5. The molecule has 0 aliphatic heterocycles. The first-order valence-electron chi connectivity index (χ1n) is 11.5. The van der Waals surface area contributed by atoms with Crippen LogP contribution in [0.4, 0.5) is 0 Å². The fraction of sp³-hybridized carbons (Fsp3) is 0. The molecule has 36 heavy (non-hydrogen) atoms. The highest BCUT2D eigenvalue weighted by Crippen LogP contribution is 2.42. The second-order valence-electron chi connectivity index (χ2n) is 8.11. The molecule has 0 N–H and O–H groups in total. The average molecular weight is 465 g/mol. The summed E-state index contributed by atoms with van der Waals surface area (Å²) >= 11 is 0. The predicted octanol–water partition coefficient (Wildman–Crippen LogP) is 6.39. The summed E-state index contributed by atoms with van der Waals surface area (Å²) in [6, 6.07) is 20.5. The van der Waals surface area contributed by atoms with Gasteiger partial charge in [0.05, 0.1) is 23.8 Å². The minimum absolute atomic E-state index is 0.811. The van der Waals surface area contributed by atoms with Gasteiger partial charge in [0.15, 0.2) is 0 Å². The van der Waals surface area contributed by atoms with E-state index in [0.29, 0.717) is 0 Å². The van der Waals surface area contributed by atoms with Crippen LogP contribution in [0.5, 0.6) is 0 Å². The van der Waals surface area contributed by atoms with Gasteiger partial charge in [0, 0.05) is 71.8 Å². The minimum atomic E-state index is 0.811. The molecule has 0 atom stereocenters. The van der Waals surface area contributed by atoms with Crippen molar-refractivity contribution in [2.45, 2.75) is 0 Å². The van der Waals surface area contributed by atoms with Crippen LogP contribution in [0.15, 0.2) is 123 Å². The van der Waals surface area contributed by atoms with Crippen LogP contribution in [0.25, 0.3) is 55.9 Å². The van der Waals surface area contributed by atoms with E-state index in [1.165, 1.54) is 0 Å². The number of hydrogen-bond donors (Lipinski definition) is 0. The van der Waals surface area contributed by atoms with Crippen molar-refractivity contribution >= 4 is 0 Å². The zero-order valence-corrected chi connectivity index (χ0v) is 19.2. The van der Waals surface area contributed by atoms with E-state index in [2.05, 4.69) is 54.2 Å². The van der Waals surface area contributed by atoms with Gasteiger partial charge in [0.1, 0.15) is 0 Å². The highest BCUT2D eigenvalue weighted by molar-refractivity contribution is 5.96. The normalized spacial score (nSPS) is 10.8. The van der Waals surface area contributed by atoms with Gasteiger partial charge in [-0.1, -0.05) is 48.5 Å². The Kier molecular flexibility index (Phi) is 5.74. The highest BCUT2D eigenvalue weighted by Gasteiger charge is 2.18. The summed E-state index contributed by atoms with van der Waals surface area (Å²) < 4.78 is 0. The first kappa shape index (κ1) is 21.4. The Morgan fingerprint density at radius 2 is 0.694 bits per heavy atom. The zero-order chi connectivity index (χ0) is 24.2. The second kappa shape index (κ2) is 9.64. The molecule has 0 unspecified atom stereocenters. The van der Waals surface area contributed by atoms with Crippen LogP contribution < -0.4 is 0 Å². The van der Waals surface area contributed by atoms with E-state index in [1.54, 1.807) is 37.2 Å². The van der Waals surface area contributed by atoms with Crippen LogP contribution in [-0.4, -0.2) is 29.9 Å². The third-order valence-corrected chi connectivity index (χ3v) is 6.05. The molecule has 6 heteroatoms. The molecule has 6 aromatic rings. The van der Waals surface area contributed by atoms with Crippen LogP contribution >= 0.6 is 0 Å².